The quantitative estimate of drug-likeness (QED) is 0.457. The molecule has 1 aliphatic carbocycles. The maximum atomic E-state index is 11.5. The number of hydrogen-bond donors (Lipinski definition) is 0. The summed E-state index contributed by atoms with van der Waals surface area (Å²) in [6.07, 6.45) is 3.68. The Balaban J connectivity index is 2.04. The molecular formula is C21H32NO2+. The predicted molar refractivity (Wildman–Crippen MR) is 98.7 cm³/mol. The standard InChI is InChI=1S/C21H32NO2/c1-15-11-16(2)20(17(3)12-15)14-22(4,5)13-18-7-9-19(10-8-18)21(23)24-6/h7-11,16-17,20H,12-14H2,1-6H3/q+1/t16-,17+,20-/m1/s1. The van der Waals surface area contributed by atoms with Crippen LogP contribution in [0.5, 0.6) is 0 Å². The maximum absolute atomic E-state index is 11.5. The number of carbonyl (C=O) groups is 1. The lowest BCUT2D eigenvalue weighted by Gasteiger charge is -2.40. The normalized spacial score (nSPS) is 24.4. The number of allylic oxidation sites excluding steroid dienone is 2. The summed E-state index contributed by atoms with van der Waals surface area (Å²) in [4.78, 5) is 11.5. The molecule has 24 heavy (non-hydrogen) atoms. The molecule has 0 aliphatic heterocycles. The zero-order valence-electron chi connectivity index (χ0n) is 16.0. The molecule has 0 amide bonds. The van der Waals surface area contributed by atoms with Crippen molar-refractivity contribution in [1.29, 1.82) is 0 Å². The van der Waals surface area contributed by atoms with E-state index in [0.29, 0.717) is 11.5 Å². The average molecular weight is 330 g/mol. The molecule has 0 fully saturated rings. The second kappa shape index (κ2) is 7.52. The summed E-state index contributed by atoms with van der Waals surface area (Å²) < 4.78 is 5.72. The van der Waals surface area contributed by atoms with Crippen molar-refractivity contribution < 1.29 is 14.0 Å². The second-order valence-electron chi connectivity index (χ2n) is 8.18. The molecule has 1 aromatic carbocycles. The van der Waals surface area contributed by atoms with Gasteiger partial charge in [-0.3, -0.25) is 0 Å². The monoisotopic (exact) mass is 330 g/mol. The van der Waals surface area contributed by atoms with Crippen molar-refractivity contribution >= 4 is 5.97 Å². The Hall–Kier alpha value is -1.61. The third-order valence-corrected chi connectivity index (χ3v) is 5.29. The number of esters is 1. The topological polar surface area (TPSA) is 26.3 Å². The van der Waals surface area contributed by atoms with E-state index < -0.39 is 0 Å². The van der Waals surface area contributed by atoms with E-state index in [0.717, 1.165) is 22.9 Å². The number of quaternary nitrogens is 1. The SMILES string of the molecule is COC(=O)c1ccc(C[N+](C)(C)C[C@@H]2[C@H](C)C=C(C)C[C@@H]2C)cc1. The van der Waals surface area contributed by atoms with E-state index in [9.17, 15) is 4.79 Å². The summed E-state index contributed by atoms with van der Waals surface area (Å²) in [7, 11) is 6.02. The van der Waals surface area contributed by atoms with Crippen molar-refractivity contribution in [3.63, 3.8) is 0 Å². The third kappa shape index (κ3) is 4.70. The molecule has 2 rings (SSSR count). The van der Waals surface area contributed by atoms with Gasteiger partial charge in [0.25, 0.3) is 0 Å². The van der Waals surface area contributed by atoms with Crippen molar-refractivity contribution in [1.82, 2.24) is 0 Å². The van der Waals surface area contributed by atoms with Gasteiger partial charge in [-0.1, -0.05) is 37.6 Å². The Labute approximate surface area is 146 Å². The minimum absolute atomic E-state index is 0.276. The number of nitrogens with zero attached hydrogens (tertiary/aromatic N) is 1. The Kier molecular flexibility index (Phi) is 5.87. The minimum atomic E-state index is -0.276. The summed E-state index contributed by atoms with van der Waals surface area (Å²) >= 11 is 0. The van der Waals surface area contributed by atoms with Gasteiger partial charge in [-0.2, -0.15) is 0 Å². The fraction of sp³-hybridized carbons (Fsp3) is 0.571. The number of benzene rings is 1. The van der Waals surface area contributed by atoms with Gasteiger partial charge in [-0.15, -0.1) is 0 Å². The molecule has 1 aromatic rings. The van der Waals surface area contributed by atoms with Gasteiger partial charge < -0.3 is 9.22 Å². The van der Waals surface area contributed by atoms with Crippen LogP contribution in [0.25, 0.3) is 0 Å². The highest BCUT2D eigenvalue weighted by molar-refractivity contribution is 5.89. The zero-order chi connectivity index (χ0) is 17.9. The first-order valence-electron chi connectivity index (χ1n) is 8.88. The van der Waals surface area contributed by atoms with E-state index in [-0.39, 0.29) is 5.97 Å². The van der Waals surface area contributed by atoms with Gasteiger partial charge >= 0.3 is 5.97 Å². The molecule has 0 spiro atoms. The Morgan fingerprint density at radius 1 is 1.21 bits per heavy atom. The Morgan fingerprint density at radius 2 is 1.83 bits per heavy atom. The first-order chi connectivity index (χ1) is 11.2. The molecule has 0 saturated carbocycles. The molecule has 0 N–H and O–H groups in total. The van der Waals surface area contributed by atoms with Gasteiger partial charge in [0.15, 0.2) is 0 Å². The van der Waals surface area contributed by atoms with E-state index in [1.54, 1.807) is 0 Å². The first kappa shape index (κ1) is 18.7. The highest BCUT2D eigenvalue weighted by Crippen LogP contribution is 2.35. The van der Waals surface area contributed by atoms with Crippen LogP contribution in [0.4, 0.5) is 0 Å². The molecular weight excluding hydrogens is 298 g/mol. The minimum Gasteiger partial charge on any atom is -0.465 e. The van der Waals surface area contributed by atoms with Crippen molar-refractivity contribution in [2.45, 2.75) is 33.7 Å². The number of carbonyl (C=O) groups excluding carboxylic acids is 1. The molecule has 0 radical (unpaired) electrons. The lowest BCUT2D eigenvalue weighted by Crippen LogP contribution is -2.46. The fourth-order valence-electron chi connectivity index (χ4n) is 4.16. The summed E-state index contributed by atoms with van der Waals surface area (Å²) in [5, 5.41) is 0. The lowest BCUT2D eigenvalue weighted by atomic mass is 9.74. The lowest BCUT2D eigenvalue weighted by molar-refractivity contribution is -0.907. The number of methoxy groups -OCH3 is 1. The molecule has 1 aliphatic rings. The first-order valence-corrected chi connectivity index (χ1v) is 8.88. The van der Waals surface area contributed by atoms with E-state index >= 15 is 0 Å². The van der Waals surface area contributed by atoms with E-state index in [1.807, 2.05) is 24.3 Å². The van der Waals surface area contributed by atoms with Crippen LogP contribution in [0.1, 0.15) is 43.1 Å². The fourth-order valence-corrected chi connectivity index (χ4v) is 4.16. The Bertz CT molecular complexity index is 601. The molecule has 3 nitrogen and oxygen atoms in total. The molecule has 0 saturated heterocycles. The van der Waals surface area contributed by atoms with Gasteiger partial charge in [0.2, 0.25) is 0 Å². The number of hydrogen-bond acceptors (Lipinski definition) is 2. The predicted octanol–water partition coefficient (Wildman–Crippen LogP) is 4.29. The third-order valence-electron chi connectivity index (χ3n) is 5.29. The van der Waals surface area contributed by atoms with Crippen molar-refractivity contribution in [3.8, 4) is 0 Å². The molecule has 0 aromatic heterocycles. The number of ether oxygens (including phenoxy) is 1. The number of rotatable bonds is 5. The van der Waals surface area contributed by atoms with E-state index in [1.165, 1.54) is 31.2 Å². The smallest absolute Gasteiger partial charge is 0.337 e. The van der Waals surface area contributed by atoms with E-state index in [2.05, 4.69) is 40.9 Å². The highest BCUT2D eigenvalue weighted by atomic mass is 16.5. The average Bonchev–Trinajstić information content (AvgIpc) is 2.50. The zero-order valence-corrected chi connectivity index (χ0v) is 16.0. The van der Waals surface area contributed by atoms with Crippen LogP contribution < -0.4 is 0 Å². The summed E-state index contributed by atoms with van der Waals surface area (Å²) in [6, 6.07) is 7.81. The van der Waals surface area contributed by atoms with Crippen LogP contribution in [0.15, 0.2) is 35.9 Å². The Morgan fingerprint density at radius 3 is 2.38 bits per heavy atom. The van der Waals surface area contributed by atoms with Crippen LogP contribution >= 0.6 is 0 Å². The van der Waals surface area contributed by atoms with Gasteiger partial charge in [-0.05, 0) is 37.3 Å². The van der Waals surface area contributed by atoms with Gasteiger partial charge in [0.1, 0.15) is 6.54 Å². The molecule has 0 unspecified atom stereocenters. The molecule has 0 heterocycles. The van der Waals surface area contributed by atoms with Gasteiger partial charge in [-0.25, -0.2) is 4.79 Å². The molecule has 0 bridgehead atoms. The van der Waals surface area contributed by atoms with E-state index in [4.69, 9.17) is 4.74 Å². The molecule has 132 valence electrons. The second-order valence-corrected chi connectivity index (χ2v) is 8.18. The van der Waals surface area contributed by atoms with Gasteiger partial charge in [0.05, 0.1) is 33.3 Å². The molecule has 3 heteroatoms. The van der Waals surface area contributed by atoms with Gasteiger partial charge in [0, 0.05) is 11.5 Å². The summed E-state index contributed by atoms with van der Waals surface area (Å²) in [5.74, 6) is 1.83. The van der Waals surface area contributed by atoms with Crippen LogP contribution in [0.3, 0.4) is 0 Å². The van der Waals surface area contributed by atoms with Crippen molar-refractivity contribution in [2.75, 3.05) is 27.7 Å². The summed E-state index contributed by atoms with van der Waals surface area (Å²) in [5.41, 5.74) is 3.41. The van der Waals surface area contributed by atoms with Crippen molar-refractivity contribution in [3.05, 3.63) is 47.0 Å². The van der Waals surface area contributed by atoms with Crippen molar-refractivity contribution in [2.24, 2.45) is 17.8 Å². The summed E-state index contributed by atoms with van der Waals surface area (Å²) in [6.45, 7) is 9.15. The van der Waals surface area contributed by atoms with Crippen LogP contribution in [-0.2, 0) is 11.3 Å². The molecule has 3 atom stereocenters. The maximum Gasteiger partial charge on any atom is 0.337 e. The van der Waals surface area contributed by atoms with Crippen LogP contribution in [0, 0.1) is 17.8 Å². The van der Waals surface area contributed by atoms with Crippen LogP contribution in [-0.4, -0.2) is 38.2 Å². The van der Waals surface area contributed by atoms with Crippen LogP contribution in [0.2, 0.25) is 0 Å². The highest BCUT2D eigenvalue weighted by Gasteiger charge is 2.32. The largest absolute Gasteiger partial charge is 0.465 e.